The second-order valence-corrected chi connectivity index (χ2v) is 9.70. The minimum absolute atomic E-state index is 0.0335. The van der Waals surface area contributed by atoms with Crippen LogP contribution < -0.4 is 10.4 Å². The second-order valence-electron chi connectivity index (χ2n) is 9.70. The largest absolute Gasteiger partial charge is 0.506 e. The molecule has 6 nitrogen and oxygen atoms in total. The van der Waals surface area contributed by atoms with E-state index in [-0.39, 0.29) is 35.0 Å². The molecule has 3 rings (SSSR count). The fraction of sp³-hybridized carbons (Fsp3) is 0.481. The number of hydrogen-bond acceptors (Lipinski definition) is 6. The number of aromatic hydroxyl groups is 1. The zero-order valence-electron chi connectivity index (χ0n) is 20.3. The number of rotatable bonds is 8. The molecule has 0 radical (unpaired) electrons. The number of aliphatic hydroxyl groups excluding tert-OH is 1. The summed E-state index contributed by atoms with van der Waals surface area (Å²) in [6, 6.07) is 1.24. The number of phenols is 1. The molecule has 1 aliphatic heterocycles. The highest BCUT2D eigenvalue weighted by Crippen LogP contribution is 2.48. The second kappa shape index (κ2) is 9.56. The van der Waals surface area contributed by atoms with Gasteiger partial charge in [-0.2, -0.15) is 0 Å². The fourth-order valence-corrected chi connectivity index (χ4v) is 4.19. The maximum atomic E-state index is 13.1. The molecule has 1 aliphatic rings. The highest BCUT2D eigenvalue weighted by Gasteiger charge is 2.35. The summed E-state index contributed by atoms with van der Waals surface area (Å²) >= 11 is 0. The molecule has 1 aromatic carbocycles. The van der Waals surface area contributed by atoms with E-state index in [0.29, 0.717) is 35.1 Å². The predicted molar refractivity (Wildman–Crippen MR) is 130 cm³/mol. The summed E-state index contributed by atoms with van der Waals surface area (Å²) in [6.45, 7) is 11.6. The van der Waals surface area contributed by atoms with Gasteiger partial charge in [-0.25, -0.2) is 4.79 Å². The Bertz CT molecular complexity index is 1180. The number of aliphatic hydroxyl groups is 1. The van der Waals surface area contributed by atoms with Crippen LogP contribution in [0.2, 0.25) is 0 Å². The zero-order valence-corrected chi connectivity index (χ0v) is 20.3. The molecule has 0 amide bonds. The normalized spacial score (nSPS) is 18.2. The van der Waals surface area contributed by atoms with Crippen molar-refractivity contribution in [3.05, 3.63) is 50.9 Å². The lowest BCUT2D eigenvalue weighted by Gasteiger charge is -2.33. The van der Waals surface area contributed by atoms with Crippen LogP contribution in [0, 0.1) is 5.92 Å². The van der Waals surface area contributed by atoms with Gasteiger partial charge in [0.25, 0.3) is 0 Å². The first-order valence-corrected chi connectivity index (χ1v) is 11.6. The van der Waals surface area contributed by atoms with Crippen LogP contribution in [0.5, 0.6) is 11.5 Å². The average molecular weight is 455 g/mol. The molecule has 6 heteroatoms. The Morgan fingerprint density at radius 1 is 1.27 bits per heavy atom. The number of fused-ring (bicyclic) bond motifs is 3. The van der Waals surface area contributed by atoms with Crippen molar-refractivity contribution in [2.24, 2.45) is 5.92 Å². The number of carbonyl (C=O) groups is 1. The van der Waals surface area contributed by atoms with Crippen LogP contribution in [-0.4, -0.2) is 21.6 Å². The molecule has 33 heavy (non-hydrogen) atoms. The van der Waals surface area contributed by atoms with Crippen LogP contribution in [0.25, 0.3) is 17.0 Å². The maximum Gasteiger partial charge on any atom is 0.336 e. The van der Waals surface area contributed by atoms with Crippen LogP contribution in [0.15, 0.2) is 33.0 Å². The van der Waals surface area contributed by atoms with E-state index >= 15 is 0 Å². The molecule has 2 heterocycles. The van der Waals surface area contributed by atoms with E-state index in [1.807, 2.05) is 40.7 Å². The van der Waals surface area contributed by atoms with Crippen molar-refractivity contribution in [1.82, 2.24) is 0 Å². The molecule has 0 fully saturated rings. The minimum atomic E-state index is -0.954. The highest BCUT2D eigenvalue weighted by atomic mass is 16.5. The van der Waals surface area contributed by atoms with Crippen molar-refractivity contribution in [2.45, 2.75) is 78.9 Å². The standard InChI is InChI=1S/C27H34O6/c1-7-19(28)18-14-21(30)32-26-22(18)25-17(24(31)23(26)20(29)13-16(4)5)10-12-27(6,33-25)11-8-9-15(2)3/h9-10,12,14,16,19,28,31H,7-8,11,13H2,1-6H3. The minimum Gasteiger partial charge on any atom is -0.506 e. The van der Waals surface area contributed by atoms with E-state index < -0.39 is 17.3 Å². The van der Waals surface area contributed by atoms with Crippen molar-refractivity contribution in [3.63, 3.8) is 0 Å². The zero-order chi connectivity index (χ0) is 24.5. The van der Waals surface area contributed by atoms with Gasteiger partial charge in [-0.05, 0) is 58.1 Å². The van der Waals surface area contributed by atoms with Crippen molar-refractivity contribution >= 4 is 22.8 Å². The van der Waals surface area contributed by atoms with E-state index in [9.17, 15) is 19.8 Å². The van der Waals surface area contributed by atoms with Gasteiger partial charge >= 0.3 is 5.63 Å². The van der Waals surface area contributed by atoms with E-state index in [4.69, 9.17) is 9.15 Å². The molecule has 0 bridgehead atoms. The lowest BCUT2D eigenvalue weighted by atomic mass is 9.88. The van der Waals surface area contributed by atoms with Crippen molar-refractivity contribution in [2.75, 3.05) is 0 Å². The number of ether oxygens (including phenoxy) is 1. The third-order valence-corrected chi connectivity index (χ3v) is 5.93. The molecule has 2 unspecified atom stereocenters. The van der Waals surface area contributed by atoms with Crippen LogP contribution in [0.3, 0.4) is 0 Å². The fourth-order valence-electron chi connectivity index (χ4n) is 4.19. The summed E-state index contributed by atoms with van der Waals surface area (Å²) in [5.41, 5.74) is 0.459. The van der Waals surface area contributed by atoms with Gasteiger partial charge in [0, 0.05) is 18.1 Å². The molecule has 2 atom stereocenters. The Labute approximate surface area is 194 Å². The Morgan fingerprint density at radius 3 is 2.58 bits per heavy atom. The number of hydrogen-bond donors (Lipinski definition) is 2. The number of Topliss-reactive ketones (excluding diaryl/α,β-unsaturated/α-hetero) is 1. The number of ketones is 1. The summed E-state index contributed by atoms with van der Waals surface area (Å²) in [5, 5.41) is 22.2. The van der Waals surface area contributed by atoms with E-state index in [2.05, 4.69) is 6.08 Å². The van der Waals surface area contributed by atoms with Gasteiger partial charge in [0.05, 0.1) is 17.1 Å². The topological polar surface area (TPSA) is 97.0 Å². The molecule has 0 aliphatic carbocycles. The molecule has 2 N–H and O–H groups in total. The first-order valence-electron chi connectivity index (χ1n) is 11.6. The lowest BCUT2D eigenvalue weighted by molar-refractivity contribution is 0.0965. The van der Waals surface area contributed by atoms with E-state index in [1.54, 1.807) is 13.0 Å². The summed E-state index contributed by atoms with van der Waals surface area (Å²) in [7, 11) is 0. The summed E-state index contributed by atoms with van der Waals surface area (Å²) in [5.74, 6) is -0.231. The first-order chi connectivity index (χ1) is 15.5. The summed E-state index contributed by atoms with van der Waals surface area (Å²) in [6.07, 6.45) is 6.84. The summed E-state index contributed by atoms with van der Waals surface area (Å²) < 4.78 is 11.9. The molecule has 2 aromatic rings. The van der Waals surface area contributed by atoms with Gasteiger partial charge in [0.1, 0.15) is 22.7 Å². The third-order valence-electron chi connectivity index (χ3n) is 5.93. The van der Waals surface area contributed by atoms with Gasteiger partial charge < -0.3 is 19.4 Å². The van der Waals surface area contributed by atoms with Crippen LogP contribution in [0.4, 0.5) is 0 Å². The Balaban J connectivity index is 2.32. The van der Waals surface area contributed by atoms with Gasteiger partial charge in [0.2, 0.25) is 0 Å². The van der Waals surface area contributed by atoms with Crippen LogP contribution >= 0.6 is 0 Å². The highest BCUT2D eigenvalue weighted by molar-refractivity contribution is 6.12. The van der Waals surface area contributed by atoms with Gasteiger partial charge in [0.15, 0.2) is 11.4 Å². The van der Waals surface area contributed by atoms with Gasteiger partial charge in [-0.1, -0.05) is 32.4 Å². The Hall–Kier alpha value is -2.86. The van der Waals surface area contributed by atoms with Crippen molar-refractivity contribution < 1.29 is 24.2 Å². The average Bonchev–Trinajstić information content (AvgIpc) is 2.71. The molecule has 1 aromatic heterocycles. The summed E-state index contributed by atoms with van der Waals surface area (Å²) in [4.78, 5) is 25.5. The first kappa shape index (κ1) is 24.8. The lowest BCUT2D eigenvalue weighted by Crippen LogP contribution is -2.32. The molecular weight excluding hydrogens is 420 g/mol. The number of benzene rings is 1. The monoisotopic (exact) mass is 454 g/mol. The molecule has 0 saturated carbocycles. The predicted octanol–water partition coefficient (Wildman–Crippen LogP) is 6.08. The Kier molecular flexibility index (Phi) is 7.17. The van der Waals surface area contributed by atoms with Gasteiger partial charge in [-0.3, -0.25) is 4.79 Å². The van der Waals surface area contributed by atoms with Crippen LogP contribution in [0.1, 0.15) is 94.8 Å². The Morgan fingerprint density at radius 2 is 1.97 bits per heavy atom. The van der Waals surface area contributed by atoms with Gasteiger partial charge in [-0.15, -0.1) is 0 Å². The van der Waals surface area contributed by atoms with Crippen molar-refractivity contribution in [1.29, 1.82) is 0 Å². The molecule has 0 saturated heterocycles. The molecular formula is C27H34O6. The quantitative estimate of drug-likeness (QED) is 0.285. The molecule has 178 valence electrons. The number of phenolic OH excluding ortho intramolecular Hbond substituents is 1. The maximum absolute atomic E-state index is 13.1. The van der Waals surface area contributed by atoms with E-state index in [1.165, 1.54) is 11.6 Å². The van der Waals surface area contributed by atoms with Crippen molar-refractivity contribution in [3.8, 4) is 11.5 Å². The molecule has 0 spiro atoms. The smallest absolute Gasteiger partial charge is 0.336 e. The number of carbonyl (C=O) groups excluding carboxylic acids is 1. The SMILES string of the molecule is CCC(O)c1cc(=O)oc2c(C(=O)CC(C)C)c(O)c3c(c12)OC(C)(CCC=C(C)C)C=C3. The van der Waals surface area contributed by atoms with E-state index in [0.717, 1.165) is 6.42 Å². The number of allylic oxidation sites excluding steroid dienone is 2. The van der Waals surface area contributed by atoms with Crippen LogP contribution in [-0.2, 0) is 0 Å². The third kappa shape index (κ3) is 5.06.